The lowest BCUT2D eigenvalue weighted by atomic mass is 9.94. The Bertz CT molecular complexity index is 2260. The van der Waals surface area contributed by atoms with Crippen LogP contribution in [0.3, 0.4) is 0 Å². The lowest BCUT2D eigenvalue weighted by molar-refractivity contribution is -0.188. The number of carbonyl (C=O) groups is 3. The molecule has 4 aromatic carbocycles. The van der Waals surface area contributed by atoms with Gasteiger partial charge in [-0.3, -0.25) is 9.36 Å². The Morgan fingerprint density at radius 1 is 0.627 bits per heavy atom. The first kappa shape index (κ1) is 54.3. The van der Waals surface area contributed by atoms with Gasteiger partial charge in [0.05, 0.1) is 13.2 Å². The Hall–Kier alpha value is -5.26. The van der Waals surface area contributed by atoms with E-state index in [9.17, 15) is 18.9 Å². The zero-order valence-electron chi connectivity index (χ0n) is 38.6. The topological polar surface area (TPSA) is 142 Å². The van der Waals surface area contributed by atoms with Crippen LogP contribution in [0.25, 0.3) is 6.08 Å². The summed E-state index contributed by atoms with van der Waals surface area (Å²) in [4.78, 5) is 35.0. The summed E-state index contributed by atoms with van der Waals surface area (Å²) in [6.45, 7) is 12.8. The van der Waals surface area contributed by atoms with E-state index in [4.69, 9.17) is 37.5 Å². The molecule has 1 unspecified atom stereocenters. The first-order chi connectivity index (χ1) is 31.3. The van der Waals surface area contributed by atoms with E-state index < -0.39 is 31.0 Å². The molecule has 2 heterocycles. The summed E-state index contributed by atoms with van der Waals surface area (Å²) in [6.07, 6.45) is 11.7. The predicted octanol–water partition coefficient (Wildman–Crippen LogP) is 13.5. The van der Waals surface area contributed by atoms with E-state index in [-0.39, 0.29) is 35.5 Å². The van der Waals surface area contributed by atoms with Gasteiger partial charge < -0.3 is 37.5 Å². The summed E-state index contributed by atoms with van der Waals surface area (Å²) in [5, 5.41) is 0. The number of rotatable bonds is 13. The molecule has 13 heteroatoms. The molecular formula is C54H73O12P. The smallest absolute Gasteiger partial charge is 0.377 e. The summed E-state index contributed by atoms with van der Waals surface area (Å²) in [5.41, 5.74) is 7.92. The van der Waals surface area contributed by atoms with Gasteiger partial charge in [-0.25, -0.2) is 9.59 Å². The molecule has 2 saturated carbocycles. The summed E-state index contributed by atoms with van der Waals surface area (Å²) >= 11 is 0. The molecule has 0 radical (unpaired) electrons. The Morgan fingerprint density at radius 3 is 1.49 bits per heavy atom. The van der Waals surface area contributed by atoms with Gasteiger partial charge in [-0.15, -0.1) is 0 Å². The summed E-state index contributed by atoms with van der Waals surface area (Å²) in [5.74, 6) is -1.83. The van der Waals surface area contributed by atoms with Crippen LogP contribution in [0.5, 0.6) is 11.5 Å². The summed E-state index contributed by atoms with van der Waals surface area (Å²) < 4.78 is 57.4. The van der Waals surface area contributed by atoms with E-state index in [1.165, 1.54) is 6.42 Å². The lowest BCUT2D eigenvalue weighted by Crippen LogP contribution is -2.33. The molecule has 4 fully saturated rings. The van der Waals surface area contributed by atoms with E-state index in [2.05, 4.69) is 0 Å². The fourth-order valence-electron chi connectivity index (χ4n) is 8.60. The van der Waals surface area contributed by atoms with Crippen LogP contribution in [0.1, 0.15) is 144 Å². The SMILES string of the molecule is C.C.CCOP(=O)(OCC)C1OC2(CCCCC2)OC1=O.Cc1cc(/C=C2/OC3(CCCCC3)OC2=O)cc(C)c1OCc1ccccc1.Cc1cc(C=O)cc(C)c1OCc1ccccc1.[2HH]. The highest BCUT2D eigenvalue weighted by atomic mass is 31.2. The molecule has 4 aromatic rings. The van der Waals surface area contributed by atoms with Gasteiger partial charge in [-0.05, 0) is 137 Å². The zero-order chi connectivity index (χ0) is 46.5. The van der Waals surface area contributed by atoms with Crippen molar-refractivity contribution in [3.8, 4) is 11.5 Å². The van der Waals surface area contributed by atoms with Crippen LogP contribution in [0.2, 0.25) is 0 Å². The normalized spacial score (nSPS) is 18.4. The van der Waals surface area contributed by atoms with E-state index in [1.807, 2.05) is 113 Å². The minimum Gasteiger partial charge on any atom is -0.488 e. The van der Waals surface area contributed by atoms with Crippen LogP contribution in [0, 0.1) is 27.7 Å². The molecule has 0 bridgehead atoms. The maximum atomic E-state index is 12.6. The van der Waals surface area contributed by atoms with Crippen molar-refractivity contribution < 1.29 is 57.8 Å². The van der Waals surface area contributed by atoms with E-state index >= 15 is 0 Å². The molecule has 0 aromatic heterocycles. The minimum absolute atomic E-state index is 0. The van der Waals surface area contributed by atoms with Gasteiger partial charge in [-0.1, -0.05) is 88.4 Å². The third-order valence-corrected chi connectivity index (χ3v) is 13.7. The largest absolute Gasteiger partial charge is 0.488 e. The maximum Gasteiger partial charge on any atom is 0.377 e. The average Bonchev–Trinajstić information content (AvgIpc) is 3.78. The van der Waals surface area contributed by atoms with Gasteiger partial charge in [-0.2, -0.15) is 0 Å². The van der Waals surface area contributed by atoms with Crippen molar-refractivity contribution in [1.82, 2.24) is 0 Å². The number of hydrogen-bond donors (Lipinski definition) is 0. The number of carbonyl (C=O) groups excluding carboxylic acids is 3. The van der Waals surface area contributed by atoms with Gasteiger partial charge >= 0.3 is 19.5 Å². The van der Waals surface area contributed by atoms with Crippen molar-refractivity contribution >= 4 is 31.9 Å². The molecule has 2 spiro atoms. The Balaban J connectivity index is 0.000000274. The van der Waals surface area contributed by atoms with Crippen molar-refractivity contribution in [1.29, 1.82) is 0 Å². The highest BCUT2D eigenvalue weighted by Gasteiger charge is 2.57. The first-order valence-corrected chi connectivity index (χ1v) is 24.4. The summed E-state index contributed by atoms with van der Waals surface area (Å²) in [7, 11) is -3.61. The molecule has 366 valence electrons. The number of aryl methyl sites for hydroxylation is 4. The third kappa shape index (κ3) is 14.4. The van der Waals surface area contributed by atoms with Crippen LogP contribution < -0.4 is 9.47 Å². The van der Waals surface area contributed by atoms with Gasteiger partial charge in [0.1, 0.15) is 31.0 Å². The number of benzene rings is 4. The molecule has 2 aliphatic carbocycles. The van der Waals surface area contributed by atoms with Crippen molar-refractivity contribution in [3.63, 3.8) is 0 Å². The molecule has 4 aliphatic rings. The molecule has 12 nitrogen and oxygen atoms in total. The number of ether oxygens (including phenoxy) is 6. The van der Waals surface area contributed by atoms with E-state index in [0.29, 0.717) is 37.4 Å². The Kier molecular flexibility index (Phi) is 20.4. The Morgan fingerprint density at radius 2 is 1.06 bits per heavy atom. The van der Waals surface area contributed by atoms with Crippen LogP contribution in [-0.2, 0) is 55.4 Å². The van der Waals surface area contributed by atoms with Gasteiger partial charge in [0.15, 0.2) is 0 Å². The molecular weight excluding hydrogens is 872 g/mol. The average molecular weight is 946 g/mol. The fraction of sp³-hybridized carbons (Fsp3) is 0.463. The van der Waals surface area contributed by atoms with Crippen molar-refractivity contribution in [2.24, 2.45) is 0 Å². The second-order valence-electron chi connectivity index (χ2n) is 16.8. The molecule has 2 aliphatic heterocycles. The molecule has 1 atom stereocenters. The minimum atomic E-state index is -3.61. The first-order valence-electron chi connectivity index (χ1n) is 22.7. The standard InChI is InChI=1S/C24H26O4.C16H16O2.C12H21O6P.2CH4.H2/c1-17-13-20(14-18(2)22(17)26-16-19-9-5-3-6-10-19)15-21-23(25)28-24(27-21)11-7-4-8-12-24;1-12-8-15(10-17)9-13(2)16(12)18-11-14-6-4-3-5-7-14;1-3-15-19(14,16-4-2)11-10(13)17-12(18-11)8-6-5-7-9-12;;;/h3,5-6,9-10,13-15H,4,7-8,11-12,16H2,1-2H3;3-10H,11H2,1-2H3;11H,3-9H2,1-2H3;2*1H4;1H/b21-15+;;;;;/i;;;;;1+1. The maximum absolute atomic E-state index is 12.6. The zero-order valence-corrected chi connectivity index (χ0v) is 39.5. The quantitative estimate of drug-likeness (QED) is 0.0545. The second kappa shape index (κ2) is 25.2. The number of hydrogen-bond acceptors (Lipinski definition) is 12. The van der Waals surface area contributed by atoms with Crippen LogP contribution >= 0.6 is 7.60 Å². The number of aldehydes is 1. The molecule has 67 heavy (non-hydrogen) atoms. The predicted molar refractivity (Wildman–Crippen MR) is 263 cm³/mol. The highest BCUT2D eigenvalue weighted by Crippen LogP contribution is 2.58. The van der Waals surface area contributed by atoms with Gasteiger partial charge in [0.25, 0.3) is 11.6 Å². The lowest BCUT2D eigenvalue weighted by Gasteiger charge is -2.31. The van der Waals surface area contributed by atoms with Crippen LogP contribution in [0.15, 0.2) is 90.7 Å². The monoisotopic (exact) mass is 945 g/mol. The van der Waals surface area contributed by atoms with Crippen molar-refractivity contribution in [2.45, 2.75) is 151 Å². The molecule has 0 N–H and O–H groups in total. The third-order valence-electron chi connectivity index (χ3n) is 11.6. The molecule has 0 amide bonds. The Labute approximate surface area is 399 Å². The van der Waals surface area contributed by atoms with E-state index in [1.54, 1.807) is 19.9 Å². The fourth-order valence-corrected chi connectivity index (χ4v) is 10.3. The highest BCUT2D eigenvalue weighted by molar-refractivity contribution is 7.55. The van der Waals surface area contributed by atoms with Crippen molar-refractivity contribution in [2.75, 3.05) is 13.2 Å². The number of esters is 2. The van der Waals surface area contributed by atoms with Gasteiger partial charge in [0.2, 0.25) is 11.5 Å². The van der Waals surface area contributed by atoms with Crippen LogP contribution in [-0.4, -0.2) is 48.9 Å². The van der Waals surface area contributed by atoms with Gasteiger partial charge in [0, 0.05) is 32.7 Å². The second-order valence-corrected chi connectivity index (χ2v) is 18.9. The van der Waals surface area contributed by atoms with Crippen LogP contribution in [0.4, 0.5) is 0 Å². The molecule has 8 rings (SSSR count). The van der Waals surface area contributed by atoms with Crippen molar-refractivity contribution in [3.05, 3.63) is 135 Å². The molecule has 2 saturated heterocycles. The summed E-state index contributed by atoms with van der Waals surface area (Å²) in [6, 6.07) is 27.9. The van der Waals surface area contributed by atoms with E-state index in [0.717, 1.165) is 102 Å².